The van der Waals surface area contributed by atoms with Crippen LogP contribution in [-0.4, -0.2) is 25.9 Å². The first kappa shape index (κ1) is 20.5. The van der Waals surface area contributed by atoms with Gasteiger partial charge in [0.1, 0.15) is 0 Å². The number of hydrogen-bond acceptors (Lipinski definition) is 5. The standard InChI is InChI=1S/C20H23N3O3S2/c1-3-5-14-6-11-17-18(13-14)27-20(22-17)23-19(24)15-7-9-16(10-8-15)28(25,26)21-12-4-2/h2,7-10,14,21H,3,5-6,11-13H2,1H3,(H,22,23,24). The summed E-state index contributed by atoms with van der Waals surface area (Å²) < 4.78 is 26.3. The van der Waals surface area contributed by atoms with Crippen molar-refractivity contribution in [3.8, 4) is 12.3 Å². The first-order valence-corrected chi connectivity index (χ1v) is 11.6. The van der Waals surface area contributed by atoms with Gasteiger partial charge in [-0.1, -0.05) is 25.7 Å². The van der Waals surface area contributed by atoms with Crippen LogP contribution in [0.3, 0.4) is 0 Å². The smallest absolute Gasteiger partial charge is 0.257 e. The molecular weight excluding hydrogens is 394 g/mol. The second-order valence-electron chi connectivity index (χ2n) is 6.79. The van der Waals surface area contributed by atoms with E-state index in [1.165, 1.54) is 53.3 Å². The number of carbonyl (C=O) groups is 1. The normalized spacial score (nSPS) is 16.2. The number of nitrogens with one attached hydrogen (secondary N) is 2. The topological polar surface area (TPSA) is 88.2 Å². The van der Waals surface area contributed by atoms with E-state index in [2.05, 4.69) is 27.9 Å². The SMILES string of the molecule is C#CCNS(=O)(=O)c1ccc(C(=O)Nc2nc3c(s2)CC(CCC)CC3)cc1. The minimum absolute atomic E-state index is 0.0611. The number of amides is 1. The van der Waals surface area contributed by atoms with Crippen LogP contribution in [0.25, 0.3) is 0 Å². The Labute approximate surface area is 169 Å². The van der Waals surface area contributed by atoms with Gasteiger partial charge in [-0.3, -0.25) is 10.1 Å². The number of aryl methyl sites for hydroxylation is 1. The first-order chi connectivity index (χ1) is 13.4. The Morgan fingerprint density at radius 2 is 2.11 bits per heavy atom. The largest absolute Gasteiger partial charge is 0.298 e. The molecule has 1 heterocycles. The molecule has 0 bridgehead atoms. The van der Waals surface area contributed by atoms with Gasteiger partial charge < -0.3 is 0 Å². The molecular formula is C20H23N3O3S2. The minimum Gasteiger partial charge on any atom is -0.298 e. The highest BCUT2D eigenvalue weighted by molar-refractivity contribution is 7.89. The van der Waals surface area contributed by atoms with Gasteiger partial charge in [-0.25, -0.2) is 13.4 Å². The monoisotopic (exact) mass is 417 g/mol. The Balaban J connectivity index is 1.67. The molecule has 1 unspecified atom stereocenters. The predicted molar refractivity (Wildman–Crippen MR) is 111 cm³/mol. The van der Waals surface area contributed by atoms with E-state index in [1.807, 2.05) is 0 Å². The summed E-state index contributed by atoms with van der Waals surface area (Å²) in [5.74, 6) is 2.62. The lowest BCUT2D eigenvalue weighted by molar-refractivity contribution is 0.102. The molecule has 0 saturated carbocycles. The maximum atomic E-state index is 12.5. The van der Waals surface area contributed by atoms with E-state index in [0.717, 1.165) is 25.0 Å². The molecule has 8 heteroatoms. The van der Waals surface area contributed by atoms with E-state index in [0.29, 0.717) is 16.6 Å². The number of thiazole rings is 1. The van der Waals surface area contributed by atoms with E-state index in [1.54, 1.807) is 0 Å². The van der Waals surface area contributed by atoms with Gasteiger partial charge in [0, 0.05) is 10.4 Å². The van der Waals surface area contributed by atoms with Gasteiger partial charge in [0.25, 0.3) is 5.91 Å². The molecule has 1 amide bonds. The van der Waals surface area contributed by atoms with Crippen LogP contribution < -0.4 is 10.0 Å². The summed E-state index contributed by atoms with van der Waals surface area (Å²) >= 11 is 1.54. The molecule has 6 nitrogen and oxygen atoms in total. The van der Waals surface area contributed by atoms with Crippen LogP contribution in [0.2, 0.25) is 0 Å². The molecule has 1 aliphatic rings. The average molecular weight is 418 g/mol. The summed E-state index contributed by atoms with van der Waals surface area (Å²) in [5, 5.41) is 3.43. The Kier molecular flexibility index (Phi) is 6.50. The molecule has 2 aromatic rings. The van der Waals surface area contributed by atoms with E-state index >= 15 is 0 Å². The van der Waals surface area contributed by atoms with Crippen molar-refractivity contribution in [2.75, 3.05) is 11.9 Å². The molecule has 0 saturated heterocycles. The number of terminal acetylenes is 1. The fraction of sp³-hybridized carbons (Fsp3) is 0.400. The molecule has 2 N–H and O–H groups in total. The van der Waals surface area contributed by atoms with E-state index < -0.39 is 10.0 Å². The van der Waals surface area contributed by atoms with Crippen LogP contribution >= 0.6 is 11.3 Å². The number of sulfonamides is 1. The van der Waals surface area contributed by atoms with Crippen LogP contribution in [0.15, 0.2) is 29.2 Å². The van der Waals surface area contributed by atoms with Crippen molar-refractivity contribution in [1.82, 2.24) is 9.71 Å². The summed E-state index contributed by atoms with van der Waals surface area (Å²) in [6.07, 6.45) is 10.6. The van der Waals surface area contributed by atoms with Gasteiger partial charge in [-0.15, -0.1) is 17.8 Å². The zero-order valence-electron chi connectivity index (χ0n) is 15.7. The molecule has 1 atom stereocenters. The molecule has 1 aromatic carbocycles. The third kappa shape index (κ3) is 4.79. The van der Waals surface area contributed by atoms with Crippen molar-refractivity contribution in [2.24, 2.45) is 5.92 Å². The zero-order valence-corrected chi connectivity index (χ0v) is 17.3. The van der Waals surface area contributed by atoms with E-state index in [9.17, 15) is 13.2 Å². The van der Waals surface area contributed by atoms with Gasteiger partial charge in [-0.05, 0) is 49.4 Å². The summed E-state index contributed by atoms with van der Waals surface area (Å²) in [6.45, 7) is 2.12. The summed E-state index contributed by atoms with van der Waals surface area (Å²) in [5.41, 5.74) is 1.46. The van der Waals surface area contributed by atoms with E-state index in [4.69, 9.17) is 6.42 Å². The van der Waals surface area contributed by atoms with Crippen molar-refractivity contribution in [1.29, 1.82) is 0 Å². The van der Waals surface area contributed by atoms with Crippen LogP contribution in [0.5, 0.6) is 0 Å². The quantitative estimate of drug-likeness (QED) is 0.677. The van der Waals surface area contributed by atoms with Crippen molar-refractivity contribution in [3.05, 3.63) is 40.4 Å². The van der Waals surface area contributed by atoms with Crippen LogP contribution in [0.4, 0.5) is 5.13 Å². The van der Waals surface area contributed by atoms with Crippen LogP contribution in [-0.2, 0) is 22.9 Å². The fourth-order valence-corrected chi connectivity index (χ4v) is 5.38. The first-order valence-electron chi connectivity index (χ1n) is 9.26. The van der Waals surface area contributed by atoms with Crippen LogP contribution in [0, 0.1) is 18.3 Å². The van der Waals surface area contributed by atoms with Gasteiger partial charge in [0.05, 0.1) is 17.1 Å². The van der Waals surface area contributed by atoms with Crippen molar-refractivity contribution < 1.29 is 13.2 Å². The van der Waals surface area contributed by atoms with Gasteiger partial charge in [0.2, 0.25) is 10.0 Å². The second-order valence-corrected chi connectivity index (χ2v) is 9.64. The summed E-state index contributed by atoms with van der Waals surface area (Å²) in [6, 6.07) is 5.72. The number of nitrogens with zero attached hydrogens (tertiary/aromatic N) is 1. The lowest BCUT2D eigenvalue weighted by Crippen LogP contribution is -2.24. The molecule has 0 spiro atoms. The lowest BCUT2D eigenvalue weighted by Gasteiger charge is -2.19. The maximum absolute atomic E-state index is 12.5. The Morgan fingerprint density at radius 1 is 1.36 bits per heavy atom. The lowest BCUT2D eigenvalue weighted by atomic mass is 9.88. The molecule has 1 aromatic heterocycles. The predicted octanol–water partition coefficient (Wildman–Crippen LogP) is 3.21. The van der Waals surface area contributed by atoms with Crippen molar-refractivity contribution in [2.45, 2.75) is 43.9 Å². The minimum atomic E-state index is -3.67. The molecule has 1 aliphatic carbocycles. The third-order valence-corrected chi connectivity index (χ3v) is 7.20. The van der Waals surface area contributed by atoms with Crippen molar-refractivity contribution >= 4 is 32.4 Å². The molecule has 0 fully saturated rings. The fourth-order valence-electron chi connectivity index (χ4n) is 3.33. The van der Waals surface area contributed by atoms with Gasteiger partial charge in [0.15, 0.2) is 5.13 Å². The zero-order chi connectivity index (χ0) is 20.1. The van der Waals surface area contributed by atoms with Gasteiger partial charge >= 0.3 is 0 Å². The average Bonchev–Trinajstić information content (AvgIpc) is 3.08. The number of carbonyl (C=O) groups excluding carboxylic acids is 1. The van der Waals surface area contributed by atoms with Crippen molar-refractivity contribution in [3.63, 3.8) is 0 Å². The molecule has 0 radical (unpaired) electrons. The highest BCUT2D eigenvalue weighted by Gasteiger charge is 2.23. The highest BCUT2D eigenvalue weighted by atomic mass is 32.2. The number of benzene rings is 1. The Hall–Kier alpha value is -2.21. The number of fused-ring (bicyclic) bond motifs is 1. The molecule has 0 aliphatic heterocycles. The number of rotatable bonds is 7. The third-order valence-electron chi connectivity index (χ3n) is 4.75. The van der Waals surface area contributed by atoms with E-state index in [-0.39, 0.29) is 17.3 Å². The maximum Gasteiger partial charge on any atom is 0.257 e. The highest BCUT2D eigenvalue weighted by Crippen LogP contribution is 2.34. The number of hydrogen-bond donors (Lipinski definition) is 2. The van der Waals surface area contributed by atoms with Crippen LogP contribution in [0.1, 0.15) is 47.1 Å². The number of anilines is 1. The van der Waals surface area contributed by atoms with Gasteiger partial charge in [-0.2, -0.15) is 4.72 Å². The summed E-state index contributed by atoms with van der Waals surface area (Å²) in [7, 11) is -3.67. The molecule has 148 valence electrons. The Bertz CT molecular complexity index is 989. The Morgan fingerprint density at radius 3 is 2.79 bits per heavy atom. The molecule has 28 heavy (non-hydrogen) atoms. The second kappa shape index (κ2) is 8.86. The molecule has 3 rings (SSSR count). The summed E-state index contributed by atoms with van der Waals surface area (Å²) in [4.78, 5) is 18.4. The number of aromatic nitrogens is 1.